The Bertz CT molecular complexity index is 582. The third-order valence-electron chi connectivity index (χ3n) is 3.26. The SMILES string of the molecule is CCN(Cc1ccccc1NC(=O)NCC(F)(F)C(F)F)C(C)=O. The molecule has 134 valence electrons. The molecule has 24 heavy (non-hydrogen) atoms. The average Bonchev–Trinajstić information content (AvgIpc) is 2.51. The highest BCUT2D eigenvalue weighted by atomic mass is 19.3. The van der Waals surface area contributed by atoms with Crippen LogP contribution in [0.3, 0.4) is 0 Å². The van der Waals surface area contributed by atoms with Gasteiger partial charge in [0.15, 0.2) is 0 Å². The molecule has 3 amide bonds. The fraction of sp³-hybridized carbons (Fsp3) is 0.467. The molecule has 2 N–H and O–H groups in total. The van der Waals surface area contributed by atoms with E-state index in [1.54, 1.807) is 30.4 Å². The maximum Gasteiger partial charge on any atom is 0.324 e. The first-order chi connectivity index (χ1) is 11.2. The zero-order chi connectivity index (χ0) is 18.3. The van der Waals surface area contributed by atoms with Crippen molar-refractivity contribution in [1.82, 2.24) is 10.2 Å². The summed E-state index contributed by atoms with van der Waals surface area (Å²) in [5.41, 5.74) is 0.889. The normalized spacial score (nSPS) is 11.3. The van der Waals surface area contributed by atoms with E-state index in [1.807, 2.05) is 0 Å². The Balaban J connectivity index is 2.74. The summed E-state index contributed by atoms with van der Waals surface area (Å²) in [6.07, 6.45) is -3.86. The predicted octanol–water partition coefficient (Wildman–Crippen LogP) is 3.08. The molecule has 0 atom stereocenters. The average molecular weight is 349 g/mol. The molecule has 0 aliphatic rings. The number of amides is 3. The van der Waals surface area contributed by atoms with Gasteiger partial charge >= 0.3 is 18.4 Å². The van der Waals surface area contributed by atoms with Crippen molar-refractivity contribution in [3.05, 3.63) is 29.8 Å². The minimum atomic E-state index is -4.30. The van der Waals surface area contributed by atoms with Crippen LogP contribution >= 0.6 is 0 Å². The molecule has 1 rings (SSSR count). The van der Waals surface area contributed by atoms with Gasteiger partial charge in [-0.25, -0.2) is 13.6 Å². The van der Waals surface area contributed by atoms with Gasteiger partial charge in [-0.1, -0.05) is 18.2 Å². The Morgan fingerprint density at radius 1 is 1.25 bits per heavy atom. The van der Waals surface area contributed by atoms with Crippen LogP contribution in [0.2, 0.25) is 0 Å². The number of halogens is 4. The maximum atomic E-state index is 12.8. The number of nitrogens with zero attached hydrogens (tertiary/aromatic N) is 1. The number of carbonyl (C=O) groups is 2. The minimum absolute atomic E-state index is 0.159. The van der Waals surface area contributed by atoms with Crippen LogP contribution < -0.4 is 10.6 Å². The van der Waals surface area contributed by atoms with Crippen molar-refractivity contribution in [2.75, 3.05) is 18.4 Å². The molecular weight excluding hydrogens is 330 g/mol. The van der Waals surface area contributed by atoms with Crippen molar-refractivity contribution in [3.8, 4) is 0 Å². The predicted molar refractivity (Wildman–Crippen MR) is 81.2 cm³/mol. The second-order valence-electron chi connectivity index (χ2n) is 5.06. The number of urea groups is 1. The van der Waals surface area contributed by atoms with Gasteiger partial charge in [0, 0.05) is 25.7 Å². The number of para-hydroxylation sites is 1. The van der Waals surface area contributed by atoms with E-state index in [0.717, 1.165) is 0 Å². The third kappa shape index (κ3) is 5.71. The van der Waals surface area contributed by atoms with E-state index >= 15 is 0 Å². The maximum absolute atomic E-state index is 12.8. The van der Waals surface area contributed by atoms with E-state index in [2.05, 4.69) is 5.32 Å². The number of rotatable bonds is 7. The Labute approximate surface area is 137 Å². The van der Waals surface area contributed by atoms with E-state index in [1.165, 1.54) is 17.9 Å². The number of anilines is 1. The van der Waals surface area contributed by atoms with Gasteiger partial charge in [0.2, 0.25) is 5.91 Å². The van der Waals surface area contributed by atoms with Crippen LogP contribution in [-0.2, 0) is 11.3 Å². The van der Waals surface area contributed by atoms with Crippen molar-refractivity contribution in [3.63, 3.8) is 0 Å². The quantitative estimate of drug-likeness (QED) is 0.743. The van der Waals surface area contributed by atoms with Gasteiger partial charge in [-0.15, -0.1) is 0 Å². The molecule has 0 bridgehead atoms. The highest BCUT2D eigenvalue weighted by Crippen LogP contribution is 2.22. The van der Waals surface area contributed by atoms with Crippen molar-refractivity contribution in [2.24, 2.45) is 0 Å². The number of alkyl halides is 4. The van der Waals surface area contributed by atoms with Crippen LogP contribution in [-0.4, -0.2) is 42.3 Å². The number of benzene rings is 1. The van der Waals surface area contributed by atoms with Crippen molar-refractivity contribution < 1.29 is 27.2 Å². The third-order valence-corrected chi connectivity index (χ3v) is 3.26. The van der Waals surface area contributed by atoms with E-state index in [9.17, 15) is 27.2 Å². The number of hydrogen-bond acceptors (Lipinski definition) is 2. The highest BCUT2D eigenvalue weighted by molar-refractivity contribution is 5.90. The van der Waals surface area contributed by atoms with Gasteiger partial charge in [-0.3, -0.25) is 4.79 Å². The second kappa shape index (κ2) is 8.51. The molecule has 0 fully saturated rings. The van der Waals surface area contributed by atoms with E-state index in [-0.39, 0.29) is 12.5 Å². The highest BCUT2D eigenvalue weighted by Gasteiger charge is 2.40. The lowest BCUT2D eigenvalue weighted by atomic mass is 10.1. The van der Waals surface area contributed by atoms with Crippen molar-refractivity contribution in [2.45, 2.75) is 32.7 Å². The molecule has 0 heterocycles. The van der Waals surface area contributed by atoms with Gasteiger partial charge in [0.25, 0.3) is 0 Å². The Hall–Kier alpha value is -2.32. The summed E-state index contributed by atoms with van der Waals surface area (Å²) in [4.78, 5) is 24.6. The van der Waals surface area contributed by atoms with Crippen LogP contribution in [0.1, 0.15) is 19.4 Å². The standard InChI is InChI=1S/C15H19F4N3O2/c1-3-22(10(2)23)8-11-6-4-5-7-12(11)21-14(24)20-9-15(18,19)13(16)17/h4-7,13H,3,8-9H2,1-2H3,(H2,20,21,24). The van der Waals surface area contributed by atoms with Gasteiger partial charge in [-0.2, -0.15) is 8.78 Å². The number of hydrogen-bond donors (Lipinski definition) is 2. The Morgan fingerprint density at radius 2 is 1.88 bits per heavy atom. The molecule has 1 aromatic carbocycles. The first kappa shape index (κ1) is 19.7. The molecule has 0 saturated heterocycles. The fourth-order valence-electron chi connectivity index (χ4n) is 1.87. The summed E-state index contributed by atoms with van der Waals surface area (Å²) in [5.74, 6) is -4.46. The van der Waals surface area contributed by atoms with Crippen LogP contribution in [0.25, 0.3) is 0 Å². The van der Waals surface area contributed by atoms with Gasteiger partial charge < -0.3 is 15.5 Å². The summed E-state index contributed by atoms with van der Waals surface area (Å²) in [6.45, 7) is 2.38. The summed E-state index contributed by atoms with van der Waals surface area (Å²) in [5, 5.41) is 4.03. The molecule has 0 saturated carbocycles. The number of nitrogens with one attached hydrogen (secondary N) is 2. The first-order valence-corrected chi connectivity index (χ1v) is 7.21. The van der Waals surface area contributed by atoms with Crippen LogP contribution in [0, 0.1) is 0 Å². The molecule has 1 aromatic rings. The molecule has 0 aromatic heterocycles. The smallest absolute Gasteiger partial charge is 0.324 e. The Kier molecular flexibility index (Phi) is 6.99. The van der Waals surface area contributed by atoms with Crippen LogP contribution in [0.15, 0.2) is 24.3 Å². The molecule has 0 unspecified atom stereocenters. The Morgan fingerprint density at radius 3 is 2.42 bits per heavy atom. The number of carbonyl (C=O) groups excluding carboxylic acids is 2. The summed E-state index contributed by atoms with van der Waals surface area (Å²) in [7, 11) is 0. The minimum Gasteiger partial charge on any atom is -0.339 e. The van der Waals surface area contributed by atoms with Crippen LogP contribution in [0.4, 0.5) is 28.0 Å². The monoisotopic (exact) mass is 349 g/mol. The molecule has 9 heteroatoms. The fourth-order valence-corrected chi connectivity index (χ4v) is 1.87. The van der Waals surface area contributed by atoms with Gasteiger partial charge in [0.1, 0.15) is 0 Å². The van der Waals surface area contributed by atoms with Crippen molar-refractivity contribution >= 4 is 17.6 Å². The van der Waals surface area contributed by atoms with Crippen LogP contribution in [0.5, 0.6) is 0 Å². The second-order valence-corrected chi connectivity index (χ2v) is 5.06. The zero-order valence-corrected chi connectivity index (χ0v) is 13.3. The zero-order valence-electron chi connectivity index (χ0n) is 13.3. The van der Waals surface area contributed by atoms with Gasteiger partial charge in [-0.05, 0) is 18.6 Å². The van der Waals surface area contributed by atoms with E-state index < -0.39 is 24.9 Å². The lowest BCUT2D eigenvalue weighted by Gasteiger charge is -2.21. The molecule has 5 nitrogen and oxygen atoms in total. The largest absolute Gasteiger partial charge is 0.339 e. The summed E-state index contributed by atoms with van der Waals surface area (Å²) >= 11 is 0. The first-order valence-electron chi connectivity index (χ1n) is 7.21. The molecule has 0 spiro atoms. The summed E-state index contributed by atoms with van der Waals surface area (Å²) < 4.78 is 49.7. The van der Waals surface area contributed by atoms with E-state index in [4.69, 9.17) is 0 Å². The van der Waals surface area contributed by atoms with Crippen molar-refractivity contribution in [1.29, 1.82) is 0 Å². The molecule has 0 aliphatic carbocycles. The summed E-state index contributed by atoms with van der Waals surface area (Å²) in [6, 6.07) is 5.45. The van der Waals surface area contributed by atoms with Gasteiger partial charge in [0.05, 0.1) is 6.54 Å². The molecule has 0 radical (unpaired) electrons. The topological polar surface area (TPSA) is 61.4 Å². The van der Waals surface area contributed by atoms with E-state index in [0.29, 0.717) is 17.8 Å². The lowest BCUT2D eigenvalue weighted by Crippen LogP contribution is -2.43. The molecule has 0 aliphatic heterocycles. The lowest BCUT2D eigenvalue weighted by molar-refractivity contribution is -0.129. The molecular formula is C15H19F4N3O2.